The summed E-state index contributed by atoms with van der Waals surface area (Å²) in [5.41, 5.74) is 2.45. The van der Waals surface area contributed by atoms with Crippen molar-refractivity contribution in [1.29, 1.82) is 0 Å². The van der Waals surface area contributed by atoms with Gasteiger partial charge in [0.2, 0.25) is 11.8 Å². The molecule has 3 rings (SSSR count). The number of hydrogen-bond donors (Lipinski definition) is 0. The van der Waals surface area contributed by atoms with E-state index >= 15 is 0 Å². The van der Waals surface area contributed by atoms with Crippen LogP contribution in [0.25, 0.3) is 0 Å². The highest BCUT2D eigenvalue weighted by Crippen LogP contribution is 2.32. The van der Waals surface area contributed by atoms with Crippen LogP contribution in [0.3, 0.4) is 0 Å². The number of nitrogens with zero attached hydrogens (tertiary/aromatic N) is 2. The highest BCUT2D eigenvalue weighted by molar-refractivity contribution is 5.81. The topological polar surface area (TPSA) is 40.6 Å². The van der Waals surface area contributed by atoms with E-state index in [4.69, 9.17) is 0 Å². The van der Waals surface area contributed by atoms with Crippen LogP contribution in [0.5, 0.6) is 0 Å². The molecule has 1 aromatic carbocycles. The van der Waals surface area contributed by atoms with E-state index in [1.54, 1.807) is 0 Å². The molecule has 0 spiro atoms. The van der Waals surface area contributed by atoms with Crippen molar-refractivity contribution < 1.29 is 9.59 Å². The molecule has 1 heterocycles. The predicted octanol–water partition coefficient (Wildman–Crippen LogP) is 3.38. The summed E-state index contributed by atoms with van der Waals surface area (Å²) in [4.78, 5) is 29.3. The lowest BCUT2D eigenvalue weighted by atomic mass is 9.94. The summed E-state index contributed by atoms with van der Waals surface area (Å²) < 4.78 is 0. The molecule has 2 aliphatic rings. The van der Waals surface area contributed by atoms with Crippen LogP contribution in [0.2, 0.25) is 0 Å². The molecule has 0 radical (unpaired) electrons. The number of piperidine rings is 1. The number of benzene rings is 1. The van der Waals surface area contributed by atoms with Crippen LogP contribution in [0.1, 0.15) is 50.7 Å². The molecule has 4 heteroatoms. The minimum Gasteiger partial charge on any atom is -0.342 e. The van der Waals surface area contributed by atoms with Gasteiger partial charge in [0.05, 0.1) is 0 Å². The van der Waals surface area contributed by atoms with Crippen molar-refractivity contribution in [3.63, 3.8) is 0 Å². The quantitative estimate of drug-likeness (QED) is 0.823. The third kappa shape index (κ3) is 4.42. The summed E-state index contributed by atoms with van der Waals surface area (Å²) in [6.45, 7) is 8.13. The monoisotopic (exact) mass is 342 g/mol. The Bertz CT molecular complexity index is 629. The van der Waals surface area contributed by atoms with E-state index in [2.05, 4.69) is 36.1 Å². The Morgan fingerprint density at radius 3 is 2.40 bits per heavy atom. The zero-order chi connectivity index (χ0) is 18.0. The molecule has 1 aromatic rings. The van der Waals surface area contributed by atoms with Crippen molar-refractivity contribution in [2.45, 2.75) is 59.0 Å². The van der Waals surface area contributed by atoms with Crippen molar-refractivity contribution in [3.05, 3.63) is 35.4 Å². The van der Waals surface area contributed by atoms with Gasteiger partial charge in [-0.15, -0.1) is 0 Å². The Morgan fingerprint density at radius 1 is 1.16 bits per heavy atom. The maximum absolute atomic E-state index is 13.1. The molecule has 0 N–H and O–H groups in total. The second-order valence-electron chi connectivity index (χ2n) is 7.94. The highest BCUT2D eigenvalue weighted by atomic mass is 16.2. The van der Waals surface area contributed by atoms with Crippen molar-refractivity contribution in [3.8, 4) is 0 Å². The maximum atomic E-state index is 13.1. The fourth-order valence-electron chi connectivity index (χ4n) is 3.73. The number of rotatable bonds is 5. The van der Waals surface area contributed by atoms with Gasteiger partial charge in [-0.25, -0.2) is 0 Å². The number of carbonyl (C=O) groups excluding carboxylic acids is 2. The number of hydrogen-bond acceptors (Lipinski definition) is 2. The number of aryl methyl sites for hydroxylation is 1. The fraction of sp³-hybridized carbons (Fsp3) is 0.619. The number of carbonyl (C=O) groups is 2. The van der Waals surface area contributed by atoms with Gasteiger partial charge in [-0.1, -0.05) is 43.7 Å². The lowest BCUT2D eigenvalue weighted by molar-refractivity contribution is -0.142. The summed E-state index contributed by atoms with van der Waals surface area (Å²) in [5.74, 6) is 0.614. The van der Waals surface area contributed by atoms with E-state index in [0.29, 0.717) is 11.9 Å². The van der Waals surface area contributed by atoms with Gasteiger partial charge < -0.3 is 9.80 Å². The van der Waals surface area contributed by atoms with E-state index < -0.39 is 0 Å². The molecular formula is C21H30N2O2. The SMILES string of the molecule is Cc1cccc(CN(C(=O)C2CCN(C(=O)C(C)C)CC2)C2CC2)c1. The molecule has 0 unspecified atom stereocenters. The lowest BCUT2D eigenvalue weighted by Gasteiger charge is -2.35. The van der Waals surface area contributed by atoms with Gasteiger partial charge in [0.15, 0.2) is 0 Å². The van der Waals surface area contributed by atoms with Crippen LogP contribution in [0.4, 0.5) is 0 Å². The molecule has 1 saturated heterocycles. The predicted molar refractivity (Wildman–Crippen MR) is 98.9 cm³/mol. The van der Waals surface area contributed by atoms with Crippen LogP contribution in [-0.4, -0.2) is 40.7 Å². The van der Waals surface area contributed by atoms with Crippen LogP contribution < -0.4 is 0 Å². The first kappa shape index (κ1) is 18.0. The molecule has 25 heavy (non-hydrogen) atoms. The standard InChI is InChI=1S/C21H30N2O2/c1-15(2)20(24)22-11-9-18(10-12-22)21(25)23(19-7-8-19)14-17-6-4-5-16(3)13-17/h4-6,13,15,18-19H,7-12,14H2,1-3H3. The Hall–Kier alpha value is -1.84. The summed E-state index contributed by atoms with van der Waals surface area (Å²) in [6, 6.07) is 8.86. The van der Waals surface area contributed by atoms with Crippen molar-refractivity contribution >= 4 is 11.8 Å². The Labute approximate surface area is 151 Å². The largest absolute Gasteiger partial charge is 0.342 e. The van der Waals surface area contributed by atoms with Crippen LogP contribution >= 0.6 is 0 Å². The first-order valence-corrected chi connectivity index (χ1v) is 9.60. The molecule has 0 atom stereocenters. The first-order chi connectivity index (χ1) is 12.0. The van der Waals surface area contributed by atoms with E-state index in [0.717, 1.165) is 45.3 Å². The molecular weight excluding hydrogens is 312 g/mol. The van der Waals surface area contributed by atoms with Gasteiger partial charge in [-0.3, -0.25) is 9.59 Å². The van der Waals surface area contributed by atoms with Crippen LogP contribution in [-0.2, 0) is 16.1 Å². The zero-order valence-electron chi connectivity index (χ0n) is 15.7. The molecule has 4 nitrogen and oxygen atoms in total. The number of likely N-dealkylation sites (tertiary alicyclic amines) is 1. The molecule has 0 bridgehead atoms. The third-order valence-electron chi connectivity index (χ3n) is 5.36. The van der Waals surface area contributed by atoms with Crippen LogP contribution in [0.15, 0.2) is 24.3 Å². The molecule has 2 amide bonds. The third-order valence-corrected chi connectivity index (χ3v) is 5.36. The summed E-state index contributed by atoms with van der Waals surface area (Å²) in [6.07, 6.45) is 3.85. The second-order valence-corrected chi connectivity index (χ2v) is 7.94. The molecule has 1 aliphatic heterocycles. The van der Waals surface area contributed by atoms with E-state index in [9.17, 15) is 9.59 Å². The van der Waals surface area contributed by atoms with Gasteiger partial charge in [0, 0.05) is 37.5 Å². The smallest absolute Gasteiger partial charge is 0.226 e. The van der Waals surface area contributed by atoms with Crippen molar-refractivity contribution in [1.82, 2.24) is 9.80 Å². The molecule has 1 aliphatic carbocycles. The summed E-state index contributed by atoms with van der Waals surface area (Å²) in [5, 5.41) is 0. The Kier molecular flexibility index (Phi) is 5.45. The highest BCUT2D eigenvalue weighted by Gasteiger charge is 2.37. The fourth-order valence-corrected chi connectivity index (χ4v) is 3.73. The van der Waals surface area contributed by atoms with Gasteiger partial charge in [0.25, 0.3) is 0 Å². The lowest BCUT2D eigenvalue weighted by Crippen LogP contribution is -2.45. The second kappa shape index (κ2) is 7.59. The summed E-state index contributed by atoms with van der Waals surface area (Å²) >= 11 is 0. The van der Waals surface area contributed by atoms with Crippen molar-refractivity contribution in [2.24, 2.45) is 11.8 Å². The van der Waals surface area contributed by atoms with E-state index in [-0.39, 0.29) is 17.7 Å². The van der Waals surface area contributed by atoms with E-state index in [1.807, 2.05) is 18.7 Å². The number of amides is 2. The first-order valence-electron chi connectivity index (χ1n) is 9.60. The van der Waals surface area contributed by atoms with E-state index in [1.165, 1.54) is 11.1 Å². The average Bonchev–Trinajstić information content (AvgIpc) is 3.43. The molecule has 1 saturated carbocycles. The van der Waals surface area contributed by atoms with Gasteiger partial charge >= 0.3 is 0 Å². The molecule has 2 fully saturated rings. The zero-order valence-corrected chi connectivity index (χ0v) is 15.7. The Balaban J connectivity index is 1.61. The van der Waals surface area contributed by atoms with Gasteiger partial charge in [-0.2, -0.15) is 0 Å². The van der Waals surface area contributed by atoms with Crippen LogP contribution in [0, 0.1) is 18.8 Å². The molecule has 136 valence electrons. The molecule has 0 aromatic heterocycles. The Morgan fingerprint density at radius 2 is 1.84 bits per heavy atom. The average molecular weight is 342 g/mol. The van der Waals surface area contributed by atoms with Crippen molar-refractivity contribution in [2.75, 3.05) is 13.1 Å². The normalized spacial score (nSPS) is 18.5. The minimum atomic E-state index is 0.0385. The van der Waals surface area contributed by atoms with Gasteiger partial charge in [0.1, 0.15) is 0 Å². The van der Waals surface area contributed by atoms with Gasteiger partial charge in [-0.05, 0) is 38.2 Å². The summed E-state index contributed by atoms with van der Waals surface area (Å²) in [7, 11) is 0. The maximum Gasteiger partial charge on any atom is 0.226 e. The minimum absolute atomic E-state index is 0.0385.